The molecule has 1 atom stereocenters. The zero-order valence-electron chi connectivity index (χ0n) is 12.1. The maximum absolute atomic E-state index is 12.4. The third-order valence-electron chi connectivity index (χ3n) is 2.92. The van der Waals surface area contributed by atoms with E-state index in [1.165, 1.54) is 24.0 Å². The average Bonchev–Trinajstić information content (AvgIpc) is 2.37. The first-order chi connectivity index (χ1) is 10.1. The Morgan fingerprint density at radius 3 is 2.27 bits per heavy atom. The highest BCUT2D eigenvalue weighted by Gasteiger charge is 2.30. The highest BCUT2D eigenvalue weighted by Crippen LogP contribution is 2.29. The fourth-order valence-corrected chi connectivity index (χ4v) is 1.80. The van der Waals surface area contributed by atoms with Crippen molar-refractivity contribution in [3.05, 3.63) is 29.8 Å². The van der Waals surface area contributed by atoms with Crippen molar-refractivity contribution in [3.63, 3.8) is 0 Å². The Morgan fingerprint density at radius 2 is 1.82 bits per heavy atom. The molecular weight excluding hydrogens is 301 g/mol. The van der Waals surface area contributed by atoms with E-state index in [4.69, 9.17) is 5.11 Å². The van der Waals surface area contributed by atoms with Crippen LogP contribution in [0.25, 0.3) is 0 Å². The zero-order chi connectivity index (χ0) is 16.9. The molecule has 1 unspecified atom stereocenters. The van der Waals surface area contributed by atoms with Crippen LogP contribution in [-0.2, 0) is 15.8 Å². The second kappa shape index (κ2) is 7.26. The standard InChI is InChI=1S/C14H17F3N2O3/c1-9(13(21)22)7-19(2)8-12(20)18-11-5-3-10(4-6-11)14(15,16)17/h3-6,9H,7-8H2,1-2H3,(H,18,20)(H,21,22). The van der Waals surface area contributed by atoms with Gasteiger partial charge in [0.15, 0.2) is 0 Å². The van der Waals surface area contributed by atoms with Gasteiger partial charge in [0.05, 0.1) is 18.0 Å². The first-order valence-corrected chi connectivity index (χ1v) is 6.48. The summed E-state index contributed by atoms with van der Waals surface area (Å²) in [4.78, 5) is 24.0. The van der Waals surface area contributed by atoms with Gasteiger partial charge in [-0.15, -0.1) is 0 Å². The maximum atomic E-state index is 12.4. The number of carbonyl (C=O) groups is 2. The molecule has 0 bridgehead atoms. The lowest BCUT2D eigenvalue weighted by molar-refractivity contribution is -0.142. The topological polar surface area (TPSA) is 69.6 Å². The van der Waals surface area contributed by atoms with E-state index in [-0.39, 0.29) is 18.8 Å². The molecule has 0 aliphatic carbocycles. The third kappa shape index (κ3) is 5.72. The summed E-state index contributed by atoms with van der Waals surface area (Å²) in [6.45, 7) is 1.65. The number of benzene rings is 1. The number of hydrogen-bond donors (Lipinski definition) is 2. The second-order valence-corrected chi connectivity index (χ2v) is 5.06. The Hall–Kier alpha value is -2.09. The summed E-state index contributed by atoms with van der Waals surface area (Å²) in [6, 6.07) is 4.10. The monoisotopic (exact) mass is 318 g/mol. The number of halogens is 3. The lowest BCUT2D eigenvalue weighted by Gasteiger charge is -2.18. The smallest absolute Gasteiger partial charge is 0.416 e. The van der Waals surface area contributed by atoms with Gasteiger partial charge in [-0.25, -0.2) is 0 Å². The number of anilines is 1. The van der Waals surface area contributed by atoms with E-state index in [0.717, 1.165) is 12.1 Å². The molecule has 0 heterocycles. The van der Waals surface area contributed by atoms with E-state index in [0.29, 0.717) is 0 Å². The van der Waals surface area contributed by atoms with Crippen molar-refractivity contribution in [2.75, 3.05) is 25.5 Å². The van der Waals surface area contributed by atoms with E-state index in [1.54, 1.807) is 7.05 Å². The first kappa shape index (κ1) is 18.0. The third-order valence-corrected chi connectivity index (χ3v) is 2.92. The number of rotatable bonds is 6. The molecule has 0 saturated carbocycles. The van der Waals surface area contributed by atoms with Crippen molar-refractivity contribution in [3.8, 4) is 0 Å². The van der Waals surface area contributed by atoms with Gasteiger partial charge in [-0.3, -0.25) is 14.5 Å². The fraction of sp³-hybridized carbons (Fsp3) is 0.429. The molecule has 0 aromatic heterocycles. The van der Waals surface area contributed by atoms with Gasteiger partial charge < -0.3 is 10.4 Å². The number of amides is 1. The molecule has 1 aromatic carbocycles. The molecule has 22 heavy (non-hydrogen) atoms. The van der Waals surface area contributed by atoms with Gasteiger partial charge in [-0.1, -0.05) is 6.92 Å². The Labute approximate surface area is 125 Å². The van der Waals surface area contributed by atoms with Crippen LogP contribution in [0.4, 0.5) is 18.9 Å². The predicted octanol–water partition coefficient (Wildman–Crippen LogP) is 2.30. The van der Waals surface area contributed by atoms with E-state index in [9.17, 15) is 22.8 Å². The molecule has 1 rings (SSSR count). The largest absolute Gasteiger partial charge is 0.481 e. The van der Waals surface area contributed by atoms with E-state index in [2.05, 4.69) is 5.32 Å². The van der Waals surface area contributed by atoms with Crippen LogP contribution in [0, 0.1) is 5.92 Å². The zero-order valence-corrected chi connectivity index (χ0v) is 12.1. The van der Waals surface area contributed by atoms with Crippen LogP contribution >= 0.6 is 0 Å². The molecule has 5 nitrogen and oxygen atoms in total. The first-order valence-electron chi connectivity index (χ1n) is 6.48. The molecule has 0 spiro atoms. The minimum absolute atomic E-state index is 0.0569. The molecule has 8 heteroatoms. The van der Waals surface area contributed by atoms with Crippen LogP contribution < -0.4 is 5.32 Å². The highest BCUT2D eigenvalue weighted by molar-refractivity contribution is 5.92. The summed E-state index contributed by atoms with van der Waals surface area (Å²) in [7, 11) is 1.59. The van der Waals surface area contributed by atoms with Crippen molar-refractivity contribution in [1.29, 1.82) is 0 Å². The average molecular weight is 318 g/mol. The minimum Gasteiger partial charge on any atom is -0.481 e. The molecule has 0 aliphatic rings. The summed E-state index contributed by atoms with van der Waals surface area (Å²) in [5, 5.41) is 11.2. The normalized spacial score (nSPS) is 13.0. The summed E-state index contributed by atoms with van der Waals surface area (Å²) in [5.41, 5.74) is -0.546. The van der Waals surface area contributed by atoms with Gasteiger partial charge in [-0.2, -0.15) is 13.2 Å². The number of alkyl halides is 3. The molecule has 0 radical (unpaired) electrons. The van der Waals surface area contributed by atoms with E-state index < -0.39 is 29.5 Å². The van der Waals surface area contributed by atoms with Gasteiger partial charge in [0.1, 0.15) is 0 Å². The van der Waals surface area contributed by atoms with Crippen molar-refractivity contribution in [2.24, 2.45) is 5.92 Å². The number of nitrogens with zero attached hydrogens (tertiary/aromatic N) is 1. The molecule has 1 aromatic rings. The van der Waals surface area contributed by atoms with Crippen LogP contribution in [0.1, 0.15) is 12.5 Å². The summed E-state index contributed by atoms with van der Waals surface area (Å²) in [6.07, 6.45) is -4.42. The quantitative estimate of drug-likeness (QED) is 0.844. The van der Waals surface area contributed by atoms with Gasteiger partial charge in [0.2, 0.25) is 5.91 Å². The fourth-order valence-electron chi connectivity index (χ4n) is 1.80. The van der Waals surface area contributed by atoms with Crippen LogP contribution in [0.2, 0.25) is 0 Å². The lowest BCUT2D eigenvalue weighted by Crippen LogP contribution is -2.35. The van der Waals surface area contributed by atoms with Gasteiger partial charge in [0, 0.05) is 12.2 Å². The number of likely N-dealkylation sites (N-methyl/N-ethyl adjacent to an activating group) is 1. The highest BCUT2D eigenvalue weighted by atomic mass is 19.4. The summed E-state index contributed by atoms with van der Waals surface area (Å²) < 4.78 is 37.2. The molecule has 0 aliphatic heterocycles. The number of carboxylic acids is 1. The Morgan fingerprint density at radius 1 is 1.27 bits per heavy atom. The molecule has 1 amide bonds. The minimum atomic E-state index is -4.42. The molecule has 0 saturated heterocycles. The number of carbonyl (C=O) groups excluding carboxylic acids is 1. The van der Waals surface area contributed by atoms with E-state index >= 15 is 0 Å². The molecular formula is C14H17F3N2O3. The number of aliphatic carboxylic acids is 1. The van der Waals surface area contributed by atoms with Crippen LogP contribution in [-0.4, -0.2) is 42.0 Å². The Balaban J connectivity index is 2.53. The van der Waals surface area contributed by atoms with Crippen LogP contribution in [0.3, 0.4) is 0 Å². The van der Waals surface area contributed by atoms with Crippen LogP contribution in [0.5, 0.6) is 0 Å². The Kier molecular flexibility index (Phi) is 5.92. The van der Waals surface area contributed by atoms with Crippen molar-refractivity contribution in [1.82, 2.24) is 4.90 Å². The van der Waals surface area contributed by atoms with Crippen molar-refractivity contribution < 1.29 is 27.9 Å². The van der Waals surface area contributed by atoms with Crippen molar-refractivity contribution >= 4 is 17.6 Å². The van der Waals surface area contributed by atoms with E-state index in [1.807, 2.05) is 0 Å². The van der Waals surface area contributed by atoms with Gasteiger partial charge >= 0.3 is 12.1 Å². The molecule has 0 fully saturated rings. The van der Waals surface area contributed by atoms with Crippen LogP contribution in [0.15, 0.2) is 24.3 Å². The Bertz CT molecular complexity index is 529. The van der Waals surface area contributed by atoms with Crippen molar-refractivity contribution in [2.45, 2.75) is 13.1 Å². The lowest BCUT2D eigenvalue weighted by atomic mass is 10.2. The SMILES string of the molecule is CC(CN(C)CC(=O)Nc1ccc(C(F)(F)F)cc1)C(=O)O. The van der Waals surface area contributed by atoms with Gasteiger partial charge in [-0.05, 0) is 31.3 Å². The molecule has 122 valence electrons. The molecule has 2 N–H and O–H groups in total. The number of carboxylic acid groups (broad SMARTS) is 1. The summed E-state index contributed by atoms with van der Waals surface area (Å²) >= 11 is 0. The maximum Gasteiger partial charge on any atom is 0.416 e. The second-order valence-electron chi connectivity index (χ2n) is 5.06. The van der Waals surface area contributed by atoms with Gasteiger partial charge in [0.25, 0.3) is 0 Å². The number of nitrogens with one attached hydrogen (secondary N) is 1. The summed E-state index contributed by atoms with van der Waals surface area (Å²) in [5.74, 6) is -2.02. The predicted molar refractivity (Wildman–Crippen MR) is 74.4 cm³/mol. The number of hydrogen-bond acceptors (Lipinski definition) is 3.